The molecular weight excluding hydrogens is 240 g/mol. The van der Waals surface area contributed by atoms with E-state index in [9.17, 15) is 0 Å². The molecule has 0 radical (unpaired) electrons. The number of rotatable bonds is 4. The largest absolute Gasteiger partial charge is 0.424 e. The van der Waals surface area contributed by atoms with Gasteiger partial charge in [-0.05, 0) is 51.1 Å². The van der Waals surface area contributed by atoms with Gasteiger partial charge in [0, 0.05) is 18.3 Å². The third-order valence-corrected chi connectivity index (χ3v) is 3.51. The summed E-state index contributed by atoms with van der Waals surface area (Å²) in [7, 11) is 0. The standard InChI is InChI=1S/C14H20N4O/c1-10(9-18-6-2-3-7-18)16-14-17-12-8-11(15)4-5-13(12)19-14/h4-5,8,10H,2-3,6-7,9,15H2,1H3,(H,16,17). The molecule has 19 heavy (non-hydrogen) atoms. The molecule has 0 aliphatic carbocycles. The van der Waals surface area contributed by atoms with Crippen molar-refractivity contribution >= 4 is 22.8 Å². The second kappa shape index (κ2) is 5.09. The van der Waals surface area contributed by atoms with Crippen LogP contribution in [0.15, 0.2) is 22.6 Å². The summed E-state index contributed by atoms with van der Waals surface area (Å²) in [5.74, 6) is 0. The number of oxazole rings is 1. The van der Waals surface area contributed by atoms with Gasteiger partial charge < -0.3 is 20.4 Å². The molecule has 1 aromatic carbocycles. The summed E-state index contributed by atoms with van der Waals surface area (Å²) in [6.07, 6.45) is 2.63. The van der Waals surface area contributed by atoms with Gasteiger partial charge in [0.1, 0.15) is 5.52 Å². The van der Waals surface area contributed by atoms with Crippen LogP contribution >= 0.6 is 0 Å². The fourth-order valence-electron chi connectivity index (χ4n) is 2.62. The van der Waals surface area contributed by atoms with Gasteiger partial charge in [-0.2, -0.15) is 4.98 Å². The smallest absolute Gasteiger partial charge is 0.295 e. The van der Waals surface area contributed by atoms with Crippen LogP contribution in [0.2, 0.25) is 0 Å². The first-order valence-corrected chi connectivity index (χ1v) is 6.86. The molecule has 0 saturated carbocycles. The van der Waals surface area contributed by atoms with Gasteiger partial charge in [0.05, 0.1) is 0 Å². The third-order valence-electron chi connectivity index (χ3n) is 3.51. The molecule has 2 aromatic rings. The minimum Gasteiger partial charge on any atom is -0.424 e. The Labute approximate surface area is 112 Å². The molecule has 3 rings (SSSR count). The molecule has 0 bridgehead atoms. The van der Waals surface area contributed by atoms with Crippen molar-refractivity contribution in [1.82, 2.24) is 9.88 Å². The van der Waals surface area contributed by atoms with Gasteiger partial charge in [0.2, 0.25) is 0 Å². The topological polar surface area (TPSA) is 67.3 Å². The molecule has 5 heteroatoms. The van der Waals surface area contributed by atoms with Crippen LogP contribution in [0.5, 0.6) is 0 Å². The molecule has 0 spiro atoms. The lowest BCUT2D eigenvalue weighted by atomic mass is 10.3. The van der Waals surface area contributed by atoms with E-state index in [2.05, 4.69) is 22.1 Å². The van der Waals surface area contributed by atoms with Crippen molar-refractivity contribution < 1.29 is 4.42 Å². The second-order valence-electron chi connectivity index (χ2n) is 5.30. The number of nitrogens with zero attached hydrogens (tertiary/aromatic N) is 2. The molecule has 5 nitrogen and oxygen atoms in total. The van der Waals surface area contributed by atoms with Gasteiger partial charge in [-0.15, -0.1) is 0 Å². The first-order valence-electron chi connectivity index (χ1n) is 6.86. The van der Waals surface area contributed by atoms with Crippen molar-refractivity contribution in [2.75, 3.05) is 30.7 Å². The van der Waals surface area contributed by atoms with Crippen molar-refractivity contribution in [3.05, 3.63) is 18.2 Å². The minimum absolute atomic E-state index is 0.323. The Bertz CT molecular complexity index is 560. The first-order chi connectivity index (χ1) is 9.20. The molecule has 1 saturated heterocycles. The predicted octanol–water partition coefficient (Wildman–Crippen LogP) is 2.31. The summed E-state index contributed by atoms with van der Waals surface area (Å²) in [6.45, 7) is 5.59. The Morgan fingerprint density at radius 3 is 3.00 bits per heavy atom. The normalized spacial score (nSPS) is 17.9. The van der Waals surface area contributed by atoms with Gasteiger partial charge in [0.25, 0.3) is 6.01 Å². The number of hydrogen-bond acceptors (Lipinski definition) is 5. The summed E-state index contributed by atoms with van der Waals surface area (Å²) in [5, 5.41) is 3.32. The maximum atomic E-state index is 5.73. The fourth-order valence-corrected chi connectivity index (χ4v) is 2.62. The van der Waals surface area contributed by atoms with Gasteiger partial charge in [-0.3, -0.25) is 0 Å². The van der Waals surface area contributed by atoms with Crippen LogP contribution in [0.4, 0.5) is 11.7 Å². The van der Waals surface area contributed by atoms with Crippen LogP contribution in [-0.4, -0.2) is 35.6 Å². The van der Waals surface area contributed by atoms with E-state index in [1.54, 1.807) is 0 Å². The number of hydrogen-bond donors (Lipinski definition) is 2. The molecule has 1 unspecified atom stereocenters. The van der Waals surface area contributed by atoms with E-state index in [0.29, 0.717) is 17.7 Å². The lowest BCUT2D eigenvalue weighted by Gasteiger charge is -2.20. The number of nitrogens with two attached hydrogens (primary N) is 1. The number of anilines is 2. The Balaban J connectivity index is 1.66. The van der Waals surface area contributed by atoms with Gasteiger partial charge in [0.15, 0.2) is 5.58 Å². The van der Waals surface area contributed by atoms with Crippen LogP contribution < -0.4 is 11.1 Å². The van der Waals surface area contributed by atoms with Crippen molar-refractivity contribution in [2.45, 2.75) is 25.8 Å². The number of fused-ring (bicyclic) bond motifs is 1. The van der Waals surface area contributed by atoms with Crippen molar-refractivity contribution in [1.29, 1.82) is 0 Å². The molecule has 2 heterocycles. The number of aromatic nitrogens is 1. The Kier molecular flexibility index (Phi) is 3.29. The molecular formula is C14H20N4O. The van der Waals surface area contributed by atoms with Gasteiger partial charge in [-0.25, -0.2) is 0 Å². The first kappa shape index (κ1) is 12.3. The van der Waals surface area contributed by atoms with Crippen LogP contribution in [0.25, 0.3) is 11.1 Å². The van der Waals surface area contributed by atoms with Crippen LogP contribution in [-0.2, 0) is 0 Å². The fraction of sp³-hybridized carbons (Fsp3) is 0.500. The Morgan fingerprint density at radius 1 is 1.42 bits per heavy atom. The van der Waals surface area contributed by atoms with E-state index in [1.165, 1.54) is 25.9 Å². The highest BCUT2D eigenvalue weighted by molar-refractivity contribution is 5.78. The van der Waals surface area contributed by atoms with Crippen molar-refractivity contribution in [3.8, 4) is 0 Å². The summed E-state index contributed by atoms with van der Waals surface area (Å²) in [6, 6.07) is 6.41. The highest BCUT2D eigenvalue weighted by atomic mass is 16.4. The number of nitrogens with one attached hydrogen (secondary N) is 1. The monoisotopic (exact) mass is 260 g/mol. The minimum atomic E-state index is 0.323. The summed E-state index contributed by atoms with van der Waals surface area (Å²) in [4.78, 5) is 6.88. The molecule has 3 N–H and O–H groups in total. The predicted molar refractivity (Wildman–Crippen MR) is 77.2 cm³/mol. The average Bonchev–Trinajstić information content (AvgIpc) is 2.97. The van der Waals surface area contributed by atoms with E-state index in [1.807, 2.05) is 18.2 Å². The molecule has 0 amide bonds. The van der Waals surface area contributed by atoms with Crippen LogP contribution in [0, 0.1) is 0 Å². The maximum absolute atomic E-state index is 5.73. The lowest BCUT2D eigenvalue weighted by molar-refractivity contribution is 0.326. The van der Waals surface area contributed by atoms with Crippen molar-refractivity contribution in [2.24, 2.45) is 0 Å². The third kappa shape index (κ3) is 2.81. The van der Waals surface area contributed by atoms with Crippen LogP contribution in [0.3, 0.4) is 0 Å². The zero-order chi connectivity index (χ0) is 13.2. The SMILES string of the molecule is CC(CN1CCCC1)Nc1nc2cc(N)ccc2o1. The van der Waals surface area contributed by atoms with Crippen LogP contribution in [0.1, 0.15) is 19.8 Å². The van der Waals surface area contributed by atoms with E-state index in [4.69, 9.17) is 10.2 Å². The van der Waals surface area contributed by atoms with E-state index in [0.717, 1.165) is 17.6 Å². The molecule has 1 atom stereocenters. The number of benzene rings is 1. The van der Waals surface area contributed by atoms with Gasteiger partial charge in [-0.1, -0.05) is 0 Å². The lowest BCUT2D eigenvalue weighted by Crippen LogP contribution is -2.33. The molecule has 102 valence electrons. The molecule has 1 aromatic heterocycles. The second-order valence-corrected chi connectivity index (χ2v) is 5.30. The summed E-state index contributed by atoms with van der Waals surface area (Å²) < 4.78 is 5.66. The van der Waals surface area contributed by atoms with E-state index < -0.39 is 0 Å². The number of likely N-dealkylation sites (tertiary alicyclic amines) is 1. The average molecular weight is 260 g/mol. The highest BCUT2D eigenvalue weighted by Gasteiger charge is 2.16. The summed E-state index contributed by atoms with van der Waals surface area (Å²) >= 11 is 0. The number of nitrogen functional groups attached to an aromatic ring is 1. The highest BCUT2D eigenvalue weighted by Crippen LogP contribution is 2.21. The summed E-state index contributed by atoms with van der Waals surface area (Å²) in [5.41, 5.74) is 8.01. The quantitative estimate of drug-likeness (QED) is 0.826. The van der Waals surface area contributed by atoms with Crippen molar-refractivity contribution in [3.63, 3.8) is 0 Å². The molecule has 1 aliphatic heterocycles. The zero-order valence-corrected chi connectivity index (χ0v) is 11.2. The van der Waals surface area contributed by atoms with Gasteiger partial charge >= 0.3 is 0 Å². The van der Waals surface area contributed by atoms with E-state index in [-0.39, 0.29) is 0 Å². The molecule has 1 aliphatic rings. The molecule has 1 fully saturated rings. The zero-order valence-electron chi connectivity index (χ0n) is 11.2. The van der Waals surface area contributed by atoms with E-state index >= 15 is 0 Å². The Morgan fingerprint density at radius 2 is 2.21 bits per heavy atom. The maximum Gasteiger partial charge on any atom is 0.295 e. The Hall–Kier alpha value is -1.75.